The zero-order chi connectivity index (χ0) is 17.1. The van der Waals surface area contributed by atoms with Crippen LogP contribution in [0.1, 0.15) is 25.7 Å². The van der Waals surface area contributed by atoms with Gasteiger partial charge in [-0.3, -0.25) is 33.8 Å². The summed E-state index contributed by atoms with van der Waals surface area (Å²) in [4.78, 5) is 60.0. The Labute approximate surface area is 132 Å². The lowest BCUT2D eigenvalue weighted by Gasteiger charge is -2.32. The molecule has 0 radical (unpaired) electrons. The lowest BCUT2D eigenvalue weighted by atomic mass is 10.2. The van der Waals surface area contributed by atoms with Gasteiger partial charge in [0.15, 0.2) is 0 Å². The Morgan fingerprint density at radius 3 is 2.13 bits per heavy atom. The molecule has 1 saturated heterocycles. The Bertz CT molecular complexity index is 607. The predicted molar refractivity (Wildman–Crippen MR) is 70.1 cm³/mol. The molecule has 0 aromatic carbocycles. The molecular weight excluding hydrogens is 332 g/mol. The Morgan fingerprint density at radius 2 is 1.65 bits per heavy atom. The Balaban J connectivity index is 2.18. The quantitative estimate of drug-likeness (QED) is 0.419. The Morgan fingerprint density at radius 1 is 1.13 bits per heavy atom. The van der Waals surface area contributed by atoms with Crippen LogP contribution in [0.15, 0.2) is 12.2 Å². The van der Waals surface area contributed by atoms with Crippen molar-refractivity contribution in [3.05, 3.63) is 12.2 Å². The van der Waals surface area contributed by atoms with E-state index < -0.39 is 53.5 Å². The number of nitrogens with zero attached hydrogens (tertiary/aromatic N) is 2. The van der Waals surface area contributed by atoms with Gasteiger partial charge in [0.2, 0.25) is 11.8 Å². The van der Waals surface area contributed by atoms with E-state index in [9.17, 15) is 32.7 Å². The van der Waals surface area contributed by atoms with Gasteiger partial charge < -0.3 is 8.74 Å². The number of carbonyl (C=O) groups excluding carboxylic acids is 5. The number of carbonyl (C=O) groups is 5. The lowest BCUT2D eigenvalue weighted by molar-refractivity contribution is -0.155. The Kier molecular flexibility index (Phi) is 5.01. The highest BCUT2D eigenvalue weighted by molar-refractivity contribution is 7.74. The van der Waals surface area contributed by atoms with E-state index in [2.05, 4.69) is 4.18 Å². The van der Waals surface area contributed by atoms with E-state index in [1.54, 1.807) is 0 Å². The second-order valence-electron chi connectivity index (χ2n) is 4.72. The summed E-state index contributed by atoms with van der Waals surface area (Å²) in [5.74, 6) is -3.74. The van der Waals surface area contributed by atoms with Crippen LogP contribution in [-0.2, 0) is 39.5 Å². The number of hydrogen-bond donors (Lipinski definition) is 0. The van der Waals surface area contributed by atoms with Gasteiger partial charge in [-0.05, 0) is 6.42 Å². The molecule has 0 aromatic rings. The third-order valence-corrected chi connectivity index (χ3v) is 3.62. The van der Waals surface area contributed by atoms with Crippen LogP contribution in [-0.4, -0.2) is 54.3 Å². The molecule has 124 valence electrons. The van der Waals surface area contributed by atoms with Crippen molar-refractivity contribution in [1.29, 1.82) is 0 Å². The van der Waals surface area contributed by atoms with Crippen molar-refractivity contribution >= 4 is 41.0 Å². The molecule has 23 heavy (non-hydrogen) atoms. The van der Waals surface area contributed by atoms with Crippen molar-refractivity contribution in [1.82, 2.24) is 9.80 Å². The second kappa shape index (κ2) is 6.79. The number of rotatable bonds is 6. The second-order valence-corrected chi connectivity index (χ2v) is 5.29. The fraction of sp³-hybridized carbons (Fsp3) is 0.417. The minimum absolute atomic E-state index is 0.0615. The summed E-state index contributed by atoms with van der Waals surface area (Å²) in [6, 6.07) is 0. The molecule has 11 heteroatoms. The molecule has 4 amide bonds. The average Bonchev–Trinajstić information content (AvgIpc) is 2.95. The third kappa shape index (κ3) is 3.68. The summed E-state index contributed by atoms with van der Waals surface area (Å²) in [6.45, 7) is 0. The van der Waals surface area contributed by atoms with Gasteiger partial charge in [-0.15, -0.1) is 0 Å². The first-order valence-corrected chi connectivity index (χ1v) is 7.52. The monoisotopic (exact) mass is 343 g/mol. The van der Waals surface area contributed by atoms with Crippen molar-refractivity contribution in [2.45, 2.75) is 31.8 Å². The fourth-order valence-corrected chi connectivity index (χ4v) is 2.61. The molecular formula is C12H11N2O8S-. The maximum Gasteiger partial charge on any atom is 0.319 e. The van der Waals surface area contributed by atoms with Gasteiger partial charge in [0.25, 0.3) is 11.8 Å². The molecule has 0 N–H and O–H groups in total. The molecule has 0 saturated carbocycles. The SMILES string of the molecule is O=C(CCC(N1C(=O)C=CC1=O)N1C(=O)CCC1=O)OS(=O)[O-]. The highest BCUT2D eigenvalue weighted by Gasteiger charge is 2.42. The summed E-state index contributed by atoms with van der Waals surface area (Å²) >= 11 is -3.05. The summed E-state index contributed by atoms with van der Waals surface area (Å²) in [6.07, 6.45) is -0.279. The molecule has 2 aliphatic rings. The van der Waals surface area contributed by atoms with Gasteiger partial charge in [-0.25, -0.2) is 4.21 Å². The maximum atomic E-state index is 11.8. The van der Waals surface area contributed by atoms with Crippen LogP contribution >= 0.6 is 0 Å². The van der Waals surface area contributed by atoms with Crippen molar-refractivity contribution in [3.63, 3.8) is 0 Å². The first-order chi connectivity index (χ1) is 10.8. The zero-order valence-corrected chi connectivity index (χ0v) is 12.4. The van der Waals surface area contributed by atoms with Gasteiger partial charge in [0, 0.05) is 25.0 Å². The molecule has 1 fully saturated rings. The van der Waals surface area contributed by atoms with E-state index in [4.69, 9.17) is 0 Å². The minimum Gasteiger partial charge on any atom is -0.740 e. The molecule has 10 nitrogen and oxygen atoms in total. The number of imide groups is 2. The minimum atomic E-state index is -3.05. The van der Waals surface area contributed by atoms with E-state index in [1.165, 1.54) is 0 Å². The fourth-order valence-electron chi connectivity index (χ4n) is 2.37. The van der Waals surface area contributed by atoms with Gasteiger partial charge in [0.05, 0.1) is 6.42 Å². The van der Waals surface area contributed by atoms with Gasteiger partial charge in [0.1, 0.15) is 17.5 Å². The van der Waals surface area contributed by atoms with Gasteiger partial charge in [-0.1, -0.05) is 0 Å². The topological polar surface area (TPSA) is 141 Å². The predicted octanol–water partition coefficient (Wildman–Crippen LogP) is -1.50. The number of likely N-dealkylation sites (tertiary alicyclic amines) is 1. The average molecular weight is 343 g/mol. The van der Waals surface area contributed by atoms with E-state index in [1.807, 2.05) is 0 Å². The molecule has 2 aliphatic heterocycles. The smallest absolute Gasteiger partial charge is 0.319 e. The standard InChI is InChI=1S/C12H12N2O8S/c15-8-2-3-9(16)13(8)7(1-6-12(19)22-23(20)21)14-10(17)4-5-11(14)18/h2-3,7H,1,4-6H2,(H,20,21)/p-1. The molecule has 0 bridgehead atoms. The highest BCUT2D eigenvalue weighted by atomic mass is 32.2. The number of hydrogen-bond acceptors (Lipinski definition) is 8. The van der Waals surface area contributed by atoms with E-state index in [-0.39, 0.29) is 19.3 Å². The van der Waals surface area contributed by atoms with Crippen LogP contribution in [0.5, 0.6) is 0 Å². The molecule has 0 spiro atoms. The van der Waals surface area contributed by atoms with E-state index in [0.29, 0.717) is 4.90 Å². The summed E-state index contributed by atoms with van der Waals surface area (Å²) in [7, 11) is 0. The molecule has 2 unspecified atom stereocenters. The third-order valence-electron chi connectivity index (χ3n) is 3.30. The molecule has 2 atom stereocenters. The molecule has 2 heterocycles. The van der Waals surface area contributed by atoms with E-state index in [0.717, 1.165) is 17.1 Å². The van der Waals surface area contributed by atoms with Crippen LogP contribution < -0.4 is 0 Å². The van der Waals surface area contributed by atoms with E-state index >= 15 is 0 Å². The Hall–Kier alpha value is -2.40. The summed E-state index contributed by atoms with van der Waals surface area (Å²) in [5.41, 5.74) is 0. The van der Waals surface area contributed by atoms with Crippen LogP contribution in [0.25, 0.3) is 0 Å². The first kappa shape index (κ1) is 17.0. The number of amides is 4. The lowest BCUT2D eigenvalue weighted by Crippen LogP contribution is -2.53. The van der Waals surface area contributed by atoms with Crippen LogP contribution in [0.3, 0.4) is 0 Å². The zero-order valence-electron chi connectivity index (χ0n) is 11.6. The van der Waals surface area contributed by atoms with Crippen molar-refractivity contribution < 1.29 is 36.9 Å². The first-order valence-electron chi connectivity index (χ1n) is 6.52. The molecule has 0 aromatic heterocycles. The van der Waals surface area contributed by atoms with Gasteiger partial charge in [-0.2, -0.15) is 0 Å². The molecule has 2 rings (SSSR count). The van der Waals surface area contributed by atoms with Crippen molar-refractivity contribution in [2.24, 2.45) is 0 Å². The van der Waals surface area contributed by atoms with Crippen LogP contribution in [0.4, 0.5) is 0 Å². The van der Waals surface area contributed by atoms with Crippen LogP contribution in [0, 0.1) is 0 Å². The maximum absolute atomic E-state index is 11.8. The summed E-state index contributed by atoms with van der Waals surface area (Å²) in [5, 5.41) is 0. The normalized spacial score (nSPS) is 20.4. The van der Waals surface area contributed by atoms with Gasteiger partial charge >= 0.3 is 5.97 Å². The summed E-state index contributed by atoms with van der Waals surface area (Å²) < 4.78 is 24.5. The van der Waals surface area contributed by atoms with Crippen molar-refractivity contribution in [3.8, 4) is 0 Å². The van der Waals surface area contributed by atoms with Crippen molar-refractivity contribution in [2.75, 3.05) is 0 Å². The molecule has 0 aliphatic carbocycles. The highest BCUT2D eigenvalue weighted by Crippen LogP contribution is 2.24. The largest absolute Gasteiger partial charge is 0.740 e. The van der Waals surface area contributed by atoms with Crippen LogP contribution in [0.2, 0.25) is 0 Å².